The van der Waals surface area contributed by atoms with Gasteiger partial charge < -0.3 is 5.11 Å². The number of aromatic nitrogens is 6. The Morgan fingerprint density at radius 3 is 2.69 bits per heavy atom. The second-order valence-electron chi connectivity index (χ2n) is 3.72. The van der Waals surface area contributed by atoms with E-state index >= 15 is 0 Å². The summed E-state index contributed by atoms with van der Waals surface area (Å²) in [4.78, 5) is 1.37. The van der Waals surface area contributed by atoms with Crippen LogP contribution in [0.25, 0.3) is 0 Å². The molecule has 0 spiro atoms. The lowest BCUT2D eigenvalue weighted by Gasteiger charge is -2.07. The Morgan fingerprint density at radius 1 is 1.44 bits per heavy atom. The van der Waals surface area contributed by atoms with E-state index in [0.717, 1.165) is 11.3 Å². The molecule has 0 saturated heterocycles. The molecule has 7 nitrogen and oxygen atoms in total. The third-order valence-corrected chi connectivity index (χ3v) is 2.56. The van der Waals surface area contributed by atoms with Gasteiger partial charge in [0, 0.05) is 24.7 Å². The van der Waals surface area contributed by atoms with E-state index in [9.17, 15) is 5.11 Å². The SMILES string of the molecule is Cc1c(C(O)Cc2nnn(C)n2)cnn1C. The molecule has 0 aliphatic carbocycles. The van der Waals surface area contributed by atoms with Crippen LogP contribution in [-0.4, -0.2) is 35.1 Å². The van der Waals surface area contributed by atoms with Crippen LogP contribution in [0.4, 0.5) is 0 Å². The topological polar surface area (TPSA) is 81.7 Å². The summed E-state index contributed by atoms with van der Waals surface area (Å²) in [6.07, 6.45) is 1.37. The zero-order chi connectivity index (χ0) is 11.7. The summed E-state index contributed by atoms with van der Waals surface area (Å²) in [5.41, 5.74) is 1.74. The summed E-state index contributed by atoms with van der Waals surface area (Å²) in [6, 6.07) is 0. The Bertz CT molecular complexity index is 488. The Morgan fingerprint density at radius 2 is 2.19 bits per heavy atom. The third-order valence-electron chi connectivity index (χ3n) is 2.56. The van der Waals surface area contributed by atoms with Crippen LogP contribution >= 0.6 is 0 Å². The van der Waals surface area contributed by atoms with Gasteiger partial charge in [0.1, 0.15) is 0 Å². The van der Waals surface area contributed by atoms with Crippen LogP contribution in [0, 0.1) is 6.92 Å². The minimum absolute atomic E-state index is 0.348. The number of hydrogen-bond acceptors (Lipinski definition) is 5. The molecule has 1 atom stereocenters. The number of nitrogens with zero attached hydrogens (tertiary/aromatic N) is 6. The molecule has 16 heavy (non-hydrogen) atoms. The summed E-state index contributed by atoms with van der Waals surface area (Å²) >= 11 is 0. The first kappa shape index (κ1) is 10.7. The summed E-state index contributed by atoms with van der Waals surface area (Å²) in [7, 11) is 3.53. The molecule has 1 N–H and O–H groups in total. The van der Waals surface area contributed by atoms with Crippen LogP contribution in [0.1, 0.15) is 23.2 Å². The van der Waals surface area contributed by atoms with Crippen LogP contribution in [0.5, 0.6) is 0 Å². The van der Waals surface area contributed by atoms with Gasteiger partial charge in [-0.05, 0) is 12.1 Å². The van der Waals surface area contributed by atoms with Gasteiger partial charge in [-0.1, -0.05) is 0 Å². The van der Waals surface area contributed by atoms with Gasteiger partial charge in [0.25, 0.3) is 0 Å². The zero-order valence-corrected chi connectivity index (χ0v) is 9.49. The lowest BCUT2D eigenvalue weighted by atomic mass is 10.1. The van der Waals surface area contributed by atoms with Gasteiger partial charge in [0.15, 0.2) is 5.82 Å². The molecule has 0 fully saturated rings. The second kappa shape index (κ2) is 4.01. The highest BCUT2D eigenvalue weighted by Gasteiger charge is 2.16. The molecule has 0 bridgehead atoms. The molecular weight excluding hydrogens is 208 g/mol. The normalized spacial score (nSPS) is 13.0. The van der Waals surface area contributed by atoms with E-state index < -0.39 is 6.10 Å². The van der Waals surface area contributed by atoms with Crippen molar-refractivity contribution in [3.8, 4) is 0 Å². The van der Waals surface area contributed by atoms with Crippen LogP contribution in [0.2, 0.25) is 0 Å². The maximum atomic E-state index is 10.0. The highest BCUT2D eigenvalue weighted by Crippen LogP contribution is 2.19. The lowest BCUT2D eigenvalue weighted by molar-refractivity contribution is 0.175. The Labute approximate surface area is 92.7 Å². The molecule has 2 aromatic rings. The fourth-order valence-corrected chi connectivity index (χ4v) is 1.53. The van der Waals surface area contributed by atoms with Crippen molar-refractivity contribution in [3.05, 3.63) is 23.3 Å². The maximum Gasteiger partial charge on any atom is 0.177 e. The average Bonchev–Trinajstić information content (AvgIpc) is 2.76. The summed E-state index contributed by atoms with van der Waals surface area (Å²) in [5, 5.41) is 25.7. The standard InChI is InChI=1S/C9H14N6O/c1-6-7(5-10-14(6)2)8(16)4-9-11-13-15(3)12-9/h5,8,16H,4H2,1-3H3. The van der Waals surface area contributed by atoms with Gasteiger partial charge in [-0.15, -0.1) is 10.2 Å². The van der Waals surface area contributed by atoms with Crippen molar-refractivity contribution in [2.45, 2.75) is 19.4 Å². The molecule has 0 saturated carbocycles. The first-order valence-corrected chi connectivity index (χ1v) is 4.97. The predicted molar refractivity (Wildman–Crippen MR) is 55.4 cm³/mol. The molecular formula is C9H14N6O. The largest absolute Gasteiger partial charge is 0.388 e. The van der Waals surface area contributed by atoms with Crippen molar-refractivity contribution in [3.63, 3.8) is 0 Å². The van der Waals surface area contributed by atoms with Crippen molar-refractivity contribution >= 4 is 0 Å². The molecule has 2 rings (SSSR count). The summed E-state index contributed by atoms with van der Waals surface area (Å²) in [6.45, 7) is 1.91. The minimum Gasteiger partial charge on any atom is -0.388 e. The number of hydrogen-bond donors (Lipinski definition) is 1. The van der Waals surface area contributed by atoms with Crippen molar-refractivity contribution in [1.29, 1.82) is 0 Å². The van der Waals surface area contributed by atoms with Crippen LogP contribution in [0.15, 0.2) is 6.20 Å². The lowest BCUT2D eigenvalue weighted by Crippen LogP contribution is -2.05. The molecule has 86 valence electrons. The van der Waals surface area contributed by atoms with Crippen LogP contribution < -0.4 is 0 Å². The number of aliphatic hydroxyl groups is 1. The first-order chi connectivity index (χ1) is 7.58. The maximum absolute atomic E-state index is 10.0. The van der Waals surface area contributed by atoms with E-state index in [0.29, 0.717) is 12.2 Å². The van der Waals surface area contributed by atoms with Crippen molar-refractivity contribution < 1.29 is 5.11 Å². The highest BCUT2D eigenvalue weighted by atomic mass is 16.3. The predicted octanol–water partition coefficient (Wildman–Crippen LogP) is -0.472. The molecule has 2 aromatic heterocycles. The number of aryl methyl sites for hydroxylation is 2. The van der Waals surface area contributed by atoms with E-state index in [-0.39, 0.29) is 0 Å². The van der Waals surface area contributed by atoms with Crippen molar-refractivity contribution in [2.24, 2.45) is 14.1 Å². The quantitative estimate of drug-likeness (QED) is 0.759. The fraction of sp³-hybridized carbons (Fsp3) is 0.556. The molecule has 0 aliphatic rings. The summed E-state index contributed by atoms with van der Waals surface area (Å²) in [5.74, 6) is 0.526. The van der Waals surface area contributed by atoms with Gasteiger partial charge in [0.2, 0.25) is 0 Å². The monoisotopic (exact) mass is 222 g/mol. The van der Waals surface area contributed by atoms with Gasteiger partial charge in [0.05, 0.1) is 19.3 Å². The molecule has 0 radical (unpaired) electrons. The number of rotatable bonds is 3. The molecule has 0 amide bonds. The van der Waals surface area contributed by atoms with Crippen molar-refractivity contribution in [2.75, 3.05) is 0 Å². The Hall–Kier alpha value is -1.76. The molecule has 0 aromatic carbocycles. The Balaban J connectivity index is 2.14. The Kier molecular flexibility index (Phi) is 2.69. The number of aliphatic hydroxyl groups excluding tert-OH is 1. The van der Waals surface area contributed by atoms with Crippen molar-refractivity contribution in [1.82, 2.24) is 30.0 Å². The molecule has 0 aliphatic heterocycles. The average molecular weight is 222 g/mol. The molecule has 1 unspecified atom stereocenters. The van der Waals surface area contributed by atoms with Gasteiger partial charge in [-0.3, -0.25) is 4.68 Å². The van der Waals surface area contributed by atoms with Crippen LogP contribution in [-0.2, 0) is 20.5 Å². The minimum atomic E-state index is -0.641. The fourth-order valence-electron chi connectivity index (χ4n) is 1.53. The first-order valence-electron chi connectivity index (χ1n) is 4.97. The molecule has 2 heterocycles. The highest BCUT2D eigenvalue weighted by molar-refractivity contribution is 5.19. The van der Waals surface area contributed by atoms with E-state index in [2.05, 4.69) is 20.5 Å². The van der Waals surface area contributed by atoms with E-state index in [1.807, 2.05) is 14.0 Å². The van der Waals surface area contributed by atoms with E-state index in [4.69, 9.17) is 0 Å². The van der Waals surface area contributed by atoms with E-state index in [1.165, 1.54) is 4.80 Å². The van der Waals surface area contributed by atoms with Crippen LogP contribution in [0.3, 0.4) is 0 Å². The third kappa shape index (κ3) is 1.94. The zero-order valence-electron chi connectivity index (χ0n) is 9.49. The smallest absolute Gasteiger partial charge is 0.177 e. The molecule has 7 heteroatoms. The van der Waals surface area contributed by atoms with E-state index in [1.54, 1.807) is 17.9 Å². The van der Waals surface area contributed by atoms with Gasteiger partial charge in [-0.25, -0.2) is 0 Å². The van der Waals surface area contributed by atoms with Gasteiger partial charge >= 0.3 is 0 Å². The second-order valence-corrected chi connectivity index (χ2v) is 3.72. The van der Waals surface area contributed by atoms with Gasteiger partial charge in [-0.2, -0.15) is 9.90 Å². The number of tetrazole rings is 1. The summed E-state index contributed by atoms with van der Waals surface area (Å²) < 4.78 is 1.72.